The summed E-state index contributed by atoms with van der Waals surface area (Å²) >= 11 is 0. The van der Waals surface area contributed by atoms with E-state index in [9.17, 15) is 9.59 Å². The van der Waals surface area contributed by atoms with Gasteiger partial charge >= 0.3 is 0 Å². The molecule has 2 N–H and O–H groups in total. The lowest BCUT2D eigenvalue weighted by atomic mass is 10.1. The molecule has 0 spiro atoms. The summed E-state index contributed by atoms with van der Waals surface area (Å²) in [5, 5.41) is 5.72. The minimum absolute atomic E-state index is 0.110. The van der Waals surface area contributed by atoms with E-state index in [1.54, 1.807) is 19.5 Å². The maximum absolute atomic E-state index is 12.4. The molecule has 27 heavy (non-hydrogen) atoms. The number of aromatic nitrogens is 1. The summed E-state index contributed by atoms with van der Waals surface area (Å²) in [4.78, 5) is 30.8. The van der Waals surface area contributed by atoms with E-state index in [2.05, 4.69) is 15.6 Å². The molecule has 1 aliphatic heterocycles. The predicted molar refractivity (Wildman–Crippen MR) is 101 cm³/mol. The number of carbonyl (C=O) groups is 2. The highest BCUT2D eigenvalue weighted by atomic mass is 16.5. The van der Waals surface area contributed by atoms with Gasteiger partial charge in [0.2, 0.25) is 11.8 Å². The normalized spacial score (nSPS) is 17.2. The highest BCUT2D eigenvalue weighted by Crippen LogP contribution is 2.18. The fraction of sp³-hybridized carbons (Fsp3) is 0.350. The molecule has 7 nitrogen and oxygen atoms in total. The zero-order valence-electron chi connectivity index (χ0n) is 15.4. The van der Waals surface area contributed by atoms with Crippen molar-refractivity contribution >= 4 is 11.8 Å². The Balaban J connectivity index is 1.61. The van der Waals surface area contributed by atoms with Crippen molar-refractivity contribution in [3.05, 3.63) is 59.9 Å². The fourth-order valence-corrected chi connectivity index (χ4v) is 3.13. The highest BCUT2D eigenvalue weighted by Gasteiger charge is 2.31. The van der Waals surface area contributed by atoms with Gasteiger partial charge in [-0.1, -0.05) is 18.2 Å². The number of amides is 2. The number of nitrogens with one attached hydrogen (secondary N) is 2. The van der Waals surface area contributed by atoms with Crippen molar-refractivity contribution in [2.24, 2.45) is 0 Å². The zero-order valence-corrected chi connectivity index (χ0v) is 15.4. The Bertz CT molecular complexity index is 782. The molecule has 2 aromatic rings. The van der Waals surface area contributed by atoms with E-state index in [4.69, 9.17) is 4.74 Å². The van der Waals surface area contributed by atoms with Gasteiger partial charge in [0.05, 0.1) is 19.6 Å². The summed E-state index contributed by atoms with van der Waals surface area (Å²) in [6.07, 6.45) is 3.52. The number of ether oxygens (including phenoxy) is 1. The van der Waals surface area contributed by atoms with Crippen molar-refractivity contribution < 1.29 is 14.3 Å². The first-order valence-corrected chi connectivity index (χ1v) is 8.96. The van der Waals surface area contributed by atoms with Crippen molar-refractivity contribution in [2.75, 3.05) is 20.2 Å². The summed E-state index contributed by atoms with van der Waals surface area (Å²) in [5.74, 6) is 0.511. The quantitative estimate of drug-likeness (QED) is 0.765. The molecular weight excluding hydrogens is 344 g/mol. The Morgan fingerprint density at radius 3 is 2.96 bits per heavy atom. The molecule has 2 heterocycles. The molecule has 1 aliphatic rings. The summed E-state index contributed by atoms with van der Waals surface area (Å²) in [6.45, 7) is 2.27. The molecule has 1 atom stereocenters. The molecular formula is C20H24N4O3. The predicted octanol–water partition coefficient (Wildman–Crippen LogP) is 1.10. The molecule has 0 radical (unpaired) electrons. The number of benzene rings is 1. The lowest BCUT2D eigenvalue weighted by molar-refractivity contribution is -0.134. The van der Waals surface area contributed by atoms with Crippen molar-refractivity contribution in [1.82, 2.24) is 20.5 Å². The van der Waals surface area contributed by atoms with Crippen molar-refractivity contribution in [2.45, 2.75) is 25.6 Å². The maximum atomic E-state index is 12.4. The van der Waals surface area contributed by atoms with Crippen LogP contribution in [-0.2, 0) is 22.7 Å². The second-order valence-corrected chi connectivity index (χ2v) is 6.47. The molecule has 0 bridgehead atoms. The molecule has 0 aliphatic carbocycles. The van der Waals surface area contributed by atoms with Gasteiger partial charge in [-0.25, -0.2) is 0 Å². The molecule has 1 aromatic carbocycles. The lowest BCUT2D eigenvalue weighted by Gasteiger charge is -2.34. The van der Waals surface area contributed by atoms with E-state index in [0.717, 1.165) is 16.9 Å². The summed E-state index contributed by atoms with van der Waals surface area (Å²) in [6, 6.07) is 11.0. The minimum atomic E-state index is -0.487. The van der Waals surface area contributed by atoms with Gasteiger partial charge in [-0.15, -0.1) is 0 Å². The highest BCUT2D eigenvalue weighted by molar-refractivity contribution is 5.88. The first-order valence-electron chi connectivity index (χ1n) is 8.96. The number of carbonyl (C=O) groups excluding carboxylic acids is 2. The van der Waals surface area contributed by atoms with Gasteiger partial charge in [-0.2, -0.15) is 0 Å². The smallest absolute Gasteiger partial charge is 0.237 e. The molecule has 3 rings (SSSR count). The Morgan fingerprint density at radius 1 is 1.33 bits per heavy atom. The Kier molecular flexibility index (Phi) is 6.38. The monoisotopic (exact) mass is 368 g/mol. The van der Waals surface area contributed by atoms with Crippen LogP contribution in [0.25, 0.3) is 0 Å². The van der Waals surface area contributed by atoms with Gasteiger partial charge in [-0.3, -0.25) is 19.5 Å². The average molecular weight is 368 g/mol. The third-order valence-corrected chi connectivity index (χ3v) is 4.55. The minimum Gasteiger partial charge on any atom is -0.497 e. The number of pyridine rings is 1. The van der Waals surface area contributed by atoms with Gasteiger partial charge in [0.1, 0.15) is 5.75 Å². The van der Waals surface area contributed by atoms with E-state index in [-0.39, 0.29) is 18.2 Å². The largest absolute Gasteiger partial charge is 0.497 e. The topological polar surface area (TPSA) is 83.6 Å². The van der Waals surface area contributed by atoms with Crippen LogP contribution in [0.4, 0.5) is 0 Å². The third-order valence-electron chi connectivity index (χ3n) is 4.55. The maximum Gasteiger partial charge on any atom is 0.237 e. The van der Waals surface area contributed by atoms with Crippen LogP contribution in [-0.4, -0.2) is 47.9 Å². The standard InChI is InChI=1S/C20H24N4O3/c1-27-17-6-2-4-15(10-17)14-24-9-8-22-20(26)18(24)11-19(25)23-13-16-5-3-7-21-12-16/h2-7,10,12,18H,8-9,11,13-14H2,1H3,(H,22,26)(H,23,25)/t18-/m0/s1. The van der Waals surface area contributed by atoms with E-state index in [1.807, 2.05) is 41.3 Å². The average Bonchev–Trinajstić information content (AvgIpc) is 2.70. The SMILES string of the molecule is COc1cccc(CN2CCNC(=O)[C@@H]2CC(=O)NCc2cccnc2)c1. The van der Waals surface area contributed by atoms with Crippen LogP contribution < -0.4 is 15.4 Å². The molecule has 142 valence electrons. The Morgan fingerprint density at radius 2 is 2.19 bits per heavy atom. The molecule has 0 unspecified atom stereocenters. The van der Waals surface area contributed by atoms with Crippen molar-refractivity contribution in [3.63, 3.8) is 0 Å². The van der Waals surface area contributed by atoms with Crippen LogP contribution in [0.3, 0.4) is 0 Å². The van der Waals surface area contributed by atoms with Crippen LogP contribution >= 0.6 is 0 Å². The molecule has 2 amide bonds. The van der Waals surface area contributed by atoms with Gasteiger partial charge in [0.15, 0.2) is 0 Å². The van der Waals surface area contributed by atoms with Crippen LogP contribution in [0.15, 0.2) is 48.8 Å². The van der Waals surface area contributed by atoms with E-state index < -0.39 is 6.04 Å². The van der Waals surface area contributed by atoms with Gasteiger partial charge in [0, 0.05) is 38.6 Å². The zero-order chi connectivity index (χ0) is 19.1. The van der Waals surface area contributed by atoms with E-state index in [0.29, 0.717) is 26.2 Å². The molecule has 1 aromatic heterocycles. The van der Waals surface area contributed by atoms with E-state index >= 15 is 0 Å². The number of hydrogen-bond donors (Lipinski definition) is 2. The number of methoxy groups -OCH3 is 1. The summed E-state index contributed by atoms with van der Waals surface area (Å²) in [5.41, 5.74) is 1.97. The number of rotatable bonds is 7. The molecule has 1 saturated heterocycles. The molecule has 7 heteroatoms. The lowest BCUT2D eigenvalue weighted by Crippen LogP contribution is -2.56. The summed E-state index contributed by atoms with van der Waals surface area (Å²) in [7, 11) is 1.63. The van der Waals surface area contributed by atoms with Gasteiger partial charge in [-0.05, 0) is 29.3 Å². The van der Waals surface area contributed by atoms with Crippen LogP contribution in [0, 0.1) is 0 Å². The number of nitrogens with zero attached hydrogens (tertiary/aromatic N) is 2. The first-order chi connectivity index (χ1) is 13.2. The molecule has 0 saturated carbocycles. The Labute approximate surface area is 158 Å². The Hall–Kier alpha value is -2.93. The third kappa shape index (κ3) is 5.27. The van der Waals surface area contributed by atoms with Gasteiger partial charge < -0.3 is 15.4 Å². The van der Waals surface area contributed by atoms with Crippen molar-refractivity contribution in [1.29, 1.82) is 0 Å². The number of hydrogen-bond acceptors (Lipinski definition) is 5. The van der Waals surface area contributed by atoms with Crippen molar-refractivity contribution in [3.8, 4) is 5.75 Å². The van der Waals surface area contributed by atoms with E-state index in [1.165, 1.54) is 0 Å². The van der Waals surface area contributed by atoms with Crippen LogP contribution in [0.2, 0.25) is 0 Å². The second-order valence-electron chi connectivity index (χ2n) is 6.47. The number of piperazine rings is 1. The molecule has 1 fully saturated rings. The fourth-order valence-electron chi connectivity index (χ4n) is 3.13. The van der Waals surface area contributed by atoms with Gasteiger partial charge in [0.25, 0.3) is 0 Å². The summed E-state index contributed by atoms with van der Waals surface area (Å²) < 4.78 is 5.26. The van der Waals surface area contributed by atoms with Crippen LogP contribution in [0.1, 0.15) is 17.5 Å². The first kappa shape index (κ1) is 18.8. The van der Waals surface area contributed by atoms with Crippen LogP contribution in [0.5, 0.6) is 5.75 Å². The second kappa shape index (κ2) is 9.14.